The standard InChI is InChI=1S/C10H17NO4/c1-6-4-5-8(10(13)14)11(7(2)12)9(6)15-3/h6,8-9H,4-5H2,1-3H3,(H,13,14). The molecule has 86 valence electrons. The molecule has 0 bridgehead atoms. The van der Waals surface area contributed by atoms with E-state index in [1.807, 2.05) is 6.92 Å². The van der Waals surface area contributed by atoms with Crippen LogP contribution in [0.4, 0.5) is 0 Å². The Labute approximate surface area is 89.0 Å². The number of carbonyl (C=O) groups is 2. The van der Waals surface area contributed by atoms with Gasteiger partial charge in [-0.15, -0.1) is 0 Å². The Morgan fingerprint density at radius 3 is 2.40 bits per heavy atom. The van der Waals surface area contributed by atoms with Gasteiger partial charge in [-0.05, 0) is 12.8 Å². The molecule has 1 aliphatic heterocycles. The van der Waals surface area contributed by atoms with E-state index in [1.54, 1.807) is 0 Å². The number of piperidine rings is 1. The highest BCUT2D eigenvalue weighted by Gasteiger charge is 2.40. The van der Waals surface area contributed by atoms with Crippen LogP contribution in [-0.4, -0.2) is 41.3 Å². The number of hydrogen-bond donors (Lipinski definition) is 1. The van der Waals surface area contributed by atoms with Crippen molar-refractivity contribution in [1.82, 2.24) is 4.90 Å². The van der Waals surface area contributed by atoms with Gasteiger partial charge in [0.15, 0.2) is 0 Å². The van der Waals surface area contributed by atoms with E-state index < -0.39 is 18.2 Å². The summed E-state index contributed by atoms with van der Waals surface area (Å²) in [5.41, 5.74) is 0. The number of ether oxygens (including phenoxy) is 1. The average molecular weight is 215 g/mol. The molecule has 3 unspecified atom stereocenters. The van der Waals surface area contributed by atoms with Crippen molar-refractivity contribution in [1.29, 1.82) is 0 Å². The number of carbonyl (C=O) groups excluding carboxylic acids is 1. The number of methoxy groups -OCH3 is 1. The number of nitrogens with zero attached hydrogens (tertiary/aromatic N) is 1. The third kappa shape index (κ3) is 2.28. The Kier molecular flexibility index (Phi) is 3.68. The maximum absolute atomic E-state index is 11.4. The second-order valence-electron chi connectivity index (χ2n) is 3.96. The van der Waals surface area contributed by atoms with Gasteiger partial charge >= 0.3 is 5.97 Å². The summed E-state index contributed by atoms with van der Waals surface area (Å²) in [5.74, 6) is -1.03. The second-order valence-corrected chi connectivity index (χ2v) is 3.96. The Hall–Kier alpha value is -1.10. The highest BCUT2D eigenvalue weighted by atomic mass is 16.5. The lowest BCUT2D eigenvalue weighted by Gasteiger charge is -2.42. The molecule has 0 saturated carbocycles. The van der Waals surface area contributed by atoms with Crippen molar-refractivity contribution < 1.29 is 19.4 Å². The predicted molar refractivity (Wildman–Crippen MR) is 53.1 cm³/mol. The van der Waals surface area contributed by atoms with E-state index in [-0.39, 0.29) is 11.8 Å². The van der Waals surface area contributed by atoms with Crippen molar-refractivity contribution in [2.24, 2.45) is 5.92 Å². The third-order valence-corrected chi connectivity index (χ3v) is 2.88. The lowest BCUT2D eigenvalue weighted by molar-refractivity contribution is -0.172. The molecule has 1 amide bonds. The van der Waals surface area contributed by atoms with Gasteiger partial charge in [-0.3, -0.25) is 4.79 Å². The second kappa shape index (κ2) is 4.61. The van der Waals surface area contributed by atoms with Crippen molar-refractivity contribution in [2.45, 2.75) is 39.0 Å². The highest BCUT2D eigenvalue weighted by Crippen LogP contribution is 2.28. The van der Waals surface area contributed by atoms with Crippen molar-refractivity contribution >= 4 is 11.9 Å². The van der Waals surface area contributed by atoms with Crippen molar-refractivity contribution in [3.63, 3.8) is 0 Å². The van der Waals surface area contributed by atoms with E-state index in [1.165, 1.54) is 18.9 Å². The molecule has 3 atom stereocenters. The van der Waals surface area contributed by atoms with Crippen molar-refractivity contribution in [2.75, 3.05) is 7.11 Å². The molecule has 0 spiro atoms. The normalized spacial score (nSPS) is 31.4. The largest absolute Gasteiger partial charge is 0.480 e. The van der Waals surface area contributed by atoms with Crippen molar-refractivity contribution in [3.05, 3.63) is 0 Å². The van der Waals surface area contributed by atoms with E-state index in [2.05, 4.69) is 0 Å². The fourth-order valence-corrected chi connectivity index (χ4v) is 2.14. The molecular weight excluding hydrogens is 198 g/mol. The summed E-state index contributed by atoms with van der Waals surface area (Å²) < 4.78 is 5.20. The van der Waals surface area contributed by atoms with Gasteiger partial charge in [0.1, 0.15) is 12.3 Å². The minimum absolute atomic E-state index is 0.175. The number of aliphatic carboxylic acids is 1. The first kappa shape index (κ1) is 12.0. The van der Waals surface area contributed by atoms with Crippen LogP contribution in [0.15, 0.2) is 0 Å². The number of amides is 1. The maximum atomic E-state index is 11.4. The summed E-state index contributed by atoms with van der Waals surface area (Å²) in [6.07, 6.45) is 0.840. The molecule has 5 heteroatoms. The number of carboxylic acid groups (broad SMARTS) is 1. The molecular formula is C10H17NO4. The number of carboxylic acids is 1. The number of rotatable bonds is 2. The SMILES string of the molecule is COC1C(C)CCC(C(=O)O)N1C(C)=O. The lowest BCUT2D eigenvalue weighted by Crippen LogP contribution is -2.56. The molecule has 1 fully saturated rings. The van der Waals surface area contributed by atoms with Gasteiger partial charge in [-0.25, -0.2) is 4.79 Å². The first-order chi connectivity index (χ1) is 6.99. The van der Waals surface area contributed by atoms with Crippen molar-refractivity contribution in [3.8, 4) is 0 Å². The zero-order chi connectivity index (χ0) is 11.6. The maximum Gasteiger partial charge on any atom is 0.326 e. The third-order valence-electron chi connectivity index (χ3n) is 2.88. The number of likely N-dealkylation sites (tertiary alicyclic amines) is 1. The Balaban J connectivity index is 2.92. The highest BCUT2D eigenvalue weighted by molar-refractivity contribution is 5.82. The fourth-order valence-electron chi connectivity index (χ4n) is 2.14. The Morgan fingerprint density at radius 2 is 2.00 bits per heavy atom. The van der Waals surface area contributed by atoms with Crippen LogP contribution in [0.5, 0.6) is 0 Å². The predicted octanol–water partition coefficient (Wildman–Crippen LogP) is 0.691. The quantitative estimate of drug-likeness (QED) is 0.736. The Morgan fingerprint density at radius 1 is 1.40 bits per heavy atom. The van der Waals surface area contributed by atoms with Gasteiger partial charge in [0.25, 0.3) is 0 Å². The summed E-state index contributed by atoms with van der Waals surface area (Å²) in [5, 5.41) is 9.01. The molecule has 0 radical (unpaired) electrons. The van der Waals surface area contributed by atoms with Crippen LogP contribution in [0.3, 0.4) is 0 Å². The van der Waals surface area contributed by atoms with E-state index >= 15 is 0 Å². The van der Waals surface area contributed by atoms with E-state index in [4.69, 9.17) is 9.84 Å². The lowest BCUT2D eigenvalue weighted by atomic mass is 9.92. The molecule has 15 heavy (non-hydrogen) atoms. The minimum atomic E-state index is -0.959. The summed E-state index contributed by atoms with van der Waals surface area (Å²) in [4.78, 5) is 23.7. The molecule has 0 aromatic rings. The molecule has 1 rings (SSSR count). The van der Waals surface area contributed by atoms with Crippen LogP contribution in [0, 0.1) is 5.92 Å². The van der Waals surface area contributed by atoms with Crippen LogP contribution >= 0.6 is 0 Å². The average Bonchev–Trinajstić information content (AvgIpc) is 2.16. The summed E-state index contributed by atoms with van der Waals surface area (Å²) >= 11 is 0. The molecule has 1 aliphatic rings. The molecule has 0 aromatic heterocycles. The molecule has 1 saturated heterocycles. The van der Waals surface area contributed by atoms with Crippen LogP contribution in [-0.2, 0) is 14.3 Å². The number of hydrogen-bond acceptors (Lipinski definition) is 3. The molecule has 5 nitrogen and oxygen atoms in total. The summed E-state index contributed by atoms with van der Waals surface area (Å²) in [6, 6.07) is -0.747. The van der Waals surface area contributed by atoms with Crippen LogP contribution in [0.2, 0.25) is 0 Å². The van der Waals surface area contributed by atoms with E-state index in [9.17, 15) is 9.59 Å². The topological polar surface area (TPSA) is 66.8 Å². The van der Waals surface area contributed by atoms with E-state index in [0.717, 1.165) is 6.42 Å². The van der Waals surface area contributed by atoms with Crippen LogP contribution < -0.4 is 0 Å². The minimum Gasteiger partial charge on any atom is -0.480 e. The first-order valence-corrected chi connectivity index (χ1v) is 5.03. The smallest absolute Gasteiger partial charge is 0.326 e. The molecule has 1 heterocycles. The van der Waals surface area contributed by atoms with Gasteiger partial charge in [0, 0.05) is 20.0 Å². The van der Waals surface area contributed by atoms with Gasteiger partial charge < -0.3 is 14.7 Å². The monoisotopic (exact) mass is 215 g/mol. The molecule has 0 aliphatic carbocycles. The van der Waals surface area contributed by atoms with Gasteiger partial charge in [-0.2, -0.15) is 0 Å². The zero-order valence-corrected chi connectivity index (χ0v) is 9.27. The molecule has 1 N–H and O–H groups in total. The van der Waals surface area contributed by atoms with Crippen LogP contribution in [0.25, 0.3) is 0 Å². The van der Waals surface area contributed by atoms with Gasteiger partial charge in [0.2, 0.25) is 5.91 Å². The van der Waals surface area contributed by atoms with E-state index in [0.29, 0.717) is 6.42 Å². The first-order valence-electron chi connectivity index (χ1n) is 5.03. The van der Waals surface area contributed by atoms with Gasteiger partial charge in [0.05, 0.1) is 0 Å². The van der Waals surface area contributed by atoms with Crippen LogP contribution in [0.1, 0.15) is 26.7 Å². The van der Waals surface area contributed by atoms with Gasteiger partial charge in [-0.1, -0.05) is 6.92 Å². The fraction of sp³-hybridized carbons (Fsp3) is 0.800. The zero-order valence-electron chi connectivity index (χ0n) is 9.27. The Bertz CT molecular complexity index is 266. The summed E-state index contributed by atoms with van der Waals surface area (Å²) in [6.45, 7) is 3.34. The molecule has 0 aromatic carbocycles. The summed E-state index contributed by atoms with van der Waals surface area (Å²) in [7, 11) is 1.50.